The topological polar surface area (TPSA) is 84.2 Å². The third-order valence-electron chi connectivity index (χ3n) is 5.38. The molecular formula is C20H20ClN3O3S. The van der Waals surface area contributed by atoms with Crippen molar-refractivity contribution in [3.63, 3.8) is 0 Å². The Hall–Kier alpha value is -2.22. The predicted molar refractivity (Wildman–Crippen MR) is 112 cm³/mol. The molecule has 146 valence electrons. The Labute approximate surface area is 171 Å². The van der Waals surface area contributed by atoms with Crippen LogP contribution in [0.15, 0.2) is 29.2 Å². The predicted octanol–water partition coefficient (Wildman–Crippen LogP) is 3.79. The average Bonchev–Trinajstić information content (AvgIpc) is 3.39. The molecule has 0 amide bonds. The molecule has 0 saturated heterocycles. The summed E-state index contributed by atoms with van der Waals surface area (Å²) < 4.78 is 1.88. The van der Waals surface area contributed by atoms with E-state index < -0.39 is 11.4 Å². The maximum absolute atomic E-state index is 12.6. The van der Waals surface area contributed by atoms with E-state index in [1.165, 1.54) is 16.6 Å². The standard InChI is InChI=1S/C20H19N3O3S.ClH/c1-10-18-11(6-7-21-10)8-16(27-18)15-5-4-13-17(24)14(20(25)26)9-23(12-2-3-12)19(13)22-15;/h4-5,8-10,12,21H,2-3,6-7H2,1H3,(H,25,26);1H. The zero-order chi connectivity index (χ0) is 18.7. The highest BCUT2D eigenvalue weighted by Crippen LogP contribution is 2.39. The molecule has 0 spiro atoms. The molecule has 1 unspecified atom stereocenters. The van der Waals surface area contributed by atoms with E-state index in [9.17, 15) is 14.7 Å². The van der Waals surface area contributed by atoms with E-state index in [2.05, 4.69) is 18.3 Å². The van der Waals surface area contributed by atoms with E-state index in [0.717, 1.165) is 36.4 Å². The van der Waals surface area contributed by atoms with E-state index in [1.807, 2.05) is 10.6 Å². The number of carboxylic acid groups (broad SMARTS) is 1. The van der Waals surface area contributed by atoms with Gasteiger partial charge in [-0.2, -0.15) is 0 Å². The molecule has 0 radical (unpaired) electrons. The van der Waals surface area contributed by atoms with Crippen molar-refractivity contribution in [3.8, 4) is 10.6 Å². The van der Waals surface area contributed by atoms with Crippen molar-refractivity contribution >= 4 is 40.7 Å². The van der Waals surface area contributed by atoms with Gasteiger partial charge in [-0.1, -0.05) is 0 Å². The van der Waals surface area contributed by atoms with Crippen LogP contribution in [-0.2, 0) is 6.42 Å². The number of carbonyl (C=O) groups is 1. The molecule has 5 rings (SSSR count). The lowest BCUT2D eigenvalue weighted by atomic mass is 10.0. The minimum Gasteiger partial charge on any atom is -0.477 e. The lowest BCUT2D eigenvalue weighted by molar-refractivity contribution is 0.0695. The summed E-state index contributed by atoms with van der Waals surface area (Å²) in [6, 6.07) is 6.34. The van der Waals surface area contributed by atoms with E-state index in [-0.39, 0.29) is 24.0 Å². The molecule has 1 fully saturated rings. The first-order valence-electron chi connectivity index (χ1n) is 9.18. The third-order valence-corrected chi connectivity index (χ3v) is 6.76. The van der Waals surface area contributed by atoms with Gasteiger partial charge in [-0.3, -0.25) is 4.79 Å². The fourth-order valence-electron chi connectivity index (χ4n) is 3.79. The highest BCUT2D eigenvalue weighted by molar-refractivity contribution is 7.15. The van der Waals surface area contributed by atoms with Crippen molar-refractivity contribution in [2.75, 3.05) is 6.54 Å². The number of hydrogen-bond donors (Lipinski definition) is 2. The second kappa shape index (κ2) is 6.99. The molecule has 2 aliphatic rings. The highest BCUT2D eigenvalue weighted by atomic mass is 35.5. The van der Waals surface area contributed by atoms with Crippen LogP contribution in [0, 0.1) is 0 Å². The molecule has 0 bridgehead atoms. The normalized spacial score (nSPS) is 18.5. The molecule has 1 aliphatic carbocycles. The quantitative estimate of drug-likeness (QED) is 0.677. The summed E-state index contributed by atoms with van der Waals surface area (Å²) in [6.07, 6.45) is 4.45. The summed E-state index contributed by atoms with van der Waals surface area (Å²) in [6.45, 7) is 3.15. The molecule has 1 saturated carbocycles. The second-order valence-corrected chi connectivity index (χ2v) is 8.39. The number of nitrogens with zero attached hydrogens (tertiary/aromatic N) is 2. The van der Waals surface area contributed by atoms with Gasteiger partial charge in [-0.15, -0.1) is 23.7 Å². The van der Waals surface area contributed by atoms with Crippen molar-refractivity contribution in [2.24, 2.45) is 0 Å². The van der Waals surface area contributed by atoms with Crippen LogP contribution >= 0.6 is 23.7 Å². The fraction of sp³-hybridized carbons (Fsp3) is 0.350. The first-order chi connectivity index (χ1) is 13.0. The number of aromatic carboxylic acids is 1. The van der Waals surface area contributed by atoms with Crippen LogP contribution in [0.2, 0.25) is 0 Å². The highest BCUT2D eigenvalue weighted by Gasteiger charge is 2.28. The van der Waals surface area contributed by atoms with Gasteiger partial charge in [0.15, 0.2) is 0 Å². The molecule has 3 aromatic heterocycles. The minimum absolute atomic E-state index is 0. The van der Waals surface area contributed by atoms with Gasteiger partial charge < -0.3 is 15.0 Å². The van der Waals surface area contributed by atoms with E-state index in [1.54, 1.807) is 17.4 Å². The molecule has 28 heavy (non-hydrogen) atoms. The van der Waals surface area contributed by atoms with Gasteiger partial charge in [-0.05, 0) is 56.5 Å². The number of halogens is 1. The monoisotopic (exact) mass is 417 g/mol. The number of rotatable bonds is 3. The summed E-state index contributed by atoms with van der Waals surface area (Å²) in [4.78, 5) is 31.3. The van der Waals surface area contributed by atoms with Gasteiger partial charge in [0, 0.05) is 23.2 Å². The maximum atomic E-state index is 12.6. The van der Waals surface area contributed by atoms with Crippen LogP contribution in [0.5, 0.6) is 0 Å². The Bertz CT molecular complexity index is 1150. The largest absolute Gasteiger partial charge is 0.477 e. The van der Waals surface area contributed by atoms with Crippen LogP contribution in [0.25, 0.3) is 21.6 Å². The molecular weight excluding hydrogens is 398 g/mol. The van der Waals surface area contributed by atoms with E-state index >= 15 is 0 Å². The van der Waals surface area contributed by atoms with Crippen molar-refractivity contribution in [2.45, 2.75) is 38.3 Å². The molecule has 1 atom stereocenters. The Morgan fingerprint density at radius 3 is 2.82 bits per heavy atom. The number of aromatic nitrogens is 2. The Kier molecular flexibility index (Phi) is 4.77. The van der Waals surface area contributed by atoms with E-state index in [4.69, 9.17) is 4.98 Å². The molecule has 1 aliphatic heterocycles. The molecule has 8 heteroatoms. The third kappa shape index (κ3) is 3.03. The van der Waals surface area contributed by atoms with Gasteiger partial charge in [0.2, 0.25) is 5.43 Å². The van der Waals surface area contributed by atoms with Gasteiger partial charge in [0.25, 0.3) is 0 Å². The lowest BCUT2D eigenvalue weighted by Crippen LogP contribution is -2.26. The van der Waals surface area contributed by atoms with Crippen LogP contribution in [-0.4, -0.2) is 27.2 Å². The molecule has 2 N–H and O–H groups in total. The molecule has 0 aromatic carbocycles. The molecule has 6 nitrogen and oxygen atoms in total. The number of nitrogens with one attached hydrogen (secondary N) is 1. The van der Waals surface area contributed by atoms with E-state index in [0.29, 0.717) is 17.1 Å². The van der Waals surface area contributed by atoms with Crippen molar-refractivity contribution in [3.05, 3.63) is 50.6 Å². The van der Waals surface area contributed by atoms with Crippen LogP contribution in [0.1, 0.15) is 52.6 Å². The number of thiophene rings is 1. The van der Waals surface area contributed by atoms with Crippen molar-refractivity contribution in [1.29, 1.82) is 0 Å². The van der Waals surface area contributed by atoms with Crippen LogP contribution < -0.4 is 10.7 Å². The van der Waals surface area contributed by atoms with Crippen LogP contribution in [0.4, 0.5) is 0 Å². The summed E-state index contributed by atoms with van der Waals surface area (Å²) in [5.74, 6) is -1.19. The Morgan fingerprint density at radius 2 is 2.14 bits per heavy atom. The lowest BCUT2D eigenvalue weighted by Gasteiger charge is -2.19. The summed E-state index contributed by atoms with van der Waals surface area (Å²) in [5.41, 5.74) is 2.14. The zero-order valence-corrected chi connectivity index (χ0v) is 16.9. The molecule has 3 aromatic rings. The number of pyridine rings is 2. The smallest absolute Gasteiger partial charge is 0.341 e. The molecule has 4 heterocycles. The fourth-order valence-corrected chi connectivity index (χ4v) is 5.00. The van der Waals surface area contributed by atoms with Gasteiger partial charge in [0.1, 0.15) is 11.2 Å². The number of hydrogen-bond acceptors (Lipinski definition) is 5. The first kappa shape index (κ1) is 19.1. The summed E-state index contributed by atoms with van der Waals surface area (Å²) in [5, 5.41) is 13.2. The minimum atomic E-state index is -1.19. The van der Waals surface area contributed by atoms with Gasteiger partial charge in [-0.25, -0.2) is 9.78 Å². The zero-order valence-electron chi connectivity index (χ0n) is 15.3. The Morgan fingerprint density at radius 1 is 1.36 bits per heavy atom. The SMILES string of the molecule is CC1NCCc2cc(-c3ccc4c(=O)c(C(=O)O)cn(C5CC5)c4n3)sc21.Cl. The maximum Gasteiger partial charge on any atom is 0.341 e. The summed E-state index contributed by atoms with van der Waals surface area (Å²) >= 11 is 1.74. The van der Waals surface area contributed by atoms with Crippen LogP contribution in [0.3, 0.4) is 0 Å². The number of carboxylic acids is 1. The average molecular weight is 418 g/mol. The first-order valence-corrected chi connectivity index (χ1v) is 10.00. The second-order valence-electron chi connectivity index (χ2n) is 7.31. The van der Waals surface area contributed by atoms with Crippen molar-refractivity contribution < 1.29 is 9.90 Å². The number of fused-ring (bicyclic) bond motifs is 2. The summed E-state index contributed by atoms with van der Waals surface area (Å²) in [7, 11) is 0. The Balaban J connectivity index is 0.00000192. The van der Waals surface area contributed by atoms with Gasteiger partial charge in [0.05, 0.1) is 16.0 Å². The van der Waals surface area contributed by atoms with Crippen molar-refractivity contribution in [1.82, 2.24) is 14.9 Å². The van der Waals surface area contributed by atoms with Gasteiger partial charge >= 0.3 is 5.97 Å².